The fourth-order valence-electron chi connectivity index (χ4n) is 2.57. The number of hydrazine groups is 1. The van der Waals surface area contributed by atoms with E-state index >= 15 is 0 Å². The van der Waals surface area contributed by atoms with Gasteiger partial charge in [-0.1, -0.05) is 49.7 Å². The lowest BCUT2D eigenvalue weighted by Crippen LogP contribution is -2.28. The van der Waals surface area contributed by atoms with E-state index in [0.717, 1.165) is 35.3 Å². The molecule has 3 N–H and O–H groups in total. The molecule has 0 saturated heterocycles. The second-order valence-electron chi connectivity index (χ2n) is 5.32. The number of nitrogens with one attached hydrogen (secondary N) is 1. The third-order valence-electron chi connectivity index (χ3n) is 3.78. The third kappa shape index (κ3) is 3.63. The zero-order chi connectivity index (χ0) is 15.2. The maximum absolute atomic E-state index is 5.77. The number of rotatable bonds is 6. The molecular formula is C18H24N2O. The highest BCUT2D eigenvalue weighted by Gasteiger charge is 2.14. The molecule has 0 radical (unpaired) electrons. The molecule has 1 atom stereocenters. The van der Waals surface area contributed by atoms with Crippen molar-refractivity contribution in [2.24, 2.45) is 5.84 Å². The van der Waals surface area contributed by atoms with Crippen LogP contribution in [0.5, 0.6) is 5.75 Å². The van der Waals surface area contributed by atoms with Crippen molar-refractivity contribution in [3.05, 3.63) is 64.7 Å². The smallest absolute Gasteiger partial charge is 0.122 e. The summed E-state index contributed by atoms with van der Waals surface area (Å²) in [6.07, 6.45) is 2.27. The van der Waals surface area contributed by atoms with Crippen LogP contribution in [-0.2, 0) is 6.42 Å². The summed E-state index contributed by atoms with van der Waals surface area (Å²) in [5.74, 6) is 6.66. The van der Waals surface area contributed by atoms with Gasteiger partial charge in [-0.15, -0.1) is 0 Å². The largest absolute Gasteiger partial charge is 0.496 e. The first-order valence-electron chi connectivity index (χ1n) is 7.39. The first-order valence-corrected chi connectivity index (χ1v) is 7.39. The van der Waals surface area contributed by atoms with E-state index in [2.05, 4.69) is 48.7 Å². The molecule has 3 nitrogen and oxygen atoms in total. The van der Waals surface area contributed by atoms with Gasteiger partial charge in [0, 0.05) is 0 Å². The molecule has 3 heteroatoms. The van der Waals surface area contributed by atoms with E-state index in [0.29, 0.717) is 0 Å². The molecule has 0 aromatic heterocycles. The molecular weight excluding hydrogens is 260 g/mol. The van der Waals surface area contributed by atoms with Gasteiger partial charge in [0.15, 0.2) is 0 Å². The second-order valence-corrected chi connectivity index (χ2v) is 5.32. The topological polar surface area (TPSA) is 47.3 Å². The van der Waals surface area contributed by atoms with Crippen LogP contribution < -0.4 is 16.0 Å². The van der Waals surface area contributed by atoms with Crippen LogP contribution in [0.1, 0.15) is 41.6 Å². The average Bonchev–Trinajstić information content (AvgIpc) is 2.51. The summed E-state index contributed by atoms with van der Waals surface area (Å²) in [7, 11) is 1.69. The van der Waals surface area contributed by atoms with Crippen molar-refractivity contribution >= 4 is 0 Å². The number of ether oxygens (including phenoxy) is 1. The van der Waals surface area contributed by atoms with Crippen LogP contribution in [0, 0.1) is 6.92 Å². The second kappa shape index (κ2) is 7.25. The predicted octanol–water partition coefficient (Wildman–Crippen LogP) is 3.51. The summed E-state index contributed by atoms with van der Waals surface area (Å²) in [6.45, 7) is 4.23. The minimum Gasteiger partial charge on any atom is -0.496 e. The highest BCUT2D eigenvalue weighted by Crippen LogP contribution is 2.27. The van der Waals surface area contributed by atoms with Gasteiger partial charge in [-0.3, -0.25) is 5.84 Å². The quantitative estimate of drug-likeness (QED) is 0.630. The molecule has 2 aromatic rings. The van der Waals surface area contributed by atoms with E-state index in [1.807, 2.05) is 13.0 Å². The van der Waals surface area contributed by atoms with Gasteiger partial charge >= 0.3 is 0 Å². The van der Waals surface area contributed by atoms with E-state index in [-0.39, 0.29) is 6.04 Å². The SMILES string of the molecule is CCCc1ccc(C(NN)c2ccc(C)c(OC)c2)cc1. The Kier molecular flexibility index (Phi) is 5.37. The van der Waals surface area contributed by atoms with E-state index < -0.39 is 0 Å². The molecule has 112 valence electrons. The van der Waals surface area contributed by atoms with Gasteiger partial charge in [-0.2, -0.15) is 0 Å². The number of hydrogen-bond acceptors (Lipinski definition) is 3. The van der Waals surface area contributed by atoms with Crippen molar-refractivity contribution in [2.75, 3.05) is 7.11 Å². The Labute approximate surface area is 127 Å². The zero-order valence-corrected chi connectivity index (χ0v) is 13.0. The minimum atomic E-state index is -0.0322. The summed E-state index contributed by atoms with van der Waals surface area (Å²) < 4.78 is 5.40. The van der Waals surface area contributed by atoms with E-state index in [1.54, 1.807) is 7.11 Å². The normalized spacial score (nSPS) is 12.2. The predicted molar refractivity (Wildman–Crippen MR) is 87.3 cm³/mol. The molecule has 0 aliphatic rings. The molecule has 0 spiro atoms. The Morgan fingerprint density at radius 1 is 1.10 bits per heavy atom. The van der Waals surface area contributed by atoms with Crippen LogP contribution in [0.2, 0.25) is 0 Å². The monoisotopic (exact) mass is 284 g/mol. The van der Waals surface area contributed by atoms with E-state index in [1.165, 1.54) is 5.56 Å². The number of aryl methyl sites for hydroxylation is 2. The number of hydrogen-bond donors (Lipinski definition) is 2. The number of benzene rings is 2. The van der Waals surface area contributed by atoms with Crippen molar-refractivity contribution in [1.29, 1.82) is 0 Å². The van der Waals surface area contributed by atoms with Crippen molar-refractivity contribution in [3.8, 4) is 5.75 Å². The molecule has 0 bridgehead atoms. The van der Waals surface area contributed by atoms with Gasteiger partial charge in [-0.05, 0) is 41.7 Å². The number of methoxy groups -OCH3 is 1. The van der Waals surface area contributed by atoms with E-state index in [9.17, 15) is 0 Å². The molecule has 2 rings (SSSR count). The summed E-state index contributed by atoms with van der Waals surface area (Å²) in [4.78, 5) is 0. The maximum Gasteiger partial charge on any atom is 0.122 e. The molecule has 2 aromatic carbocycles. The first kappa shape index (κ1) is 15.5. The zero-order valence-electron chi connectivity index (χ0n) is 13.0. The lowest BCUT2D eigenvalue weighted by Gasteiger charge is -2.19. The molecule has 0 fully saturated rings. The van der Waals surface area contributed by atoms with Crippen LogP contribution in [0.3, 0.4) is 0 Å². The van der Waals surface area contributed by atoms with Crippen LogP contribution in [0.25, 0.3) is 0 Å². The minimum absolute atomic E-state index is 0.0322. The fraction of sp³-hybridized carbons (Fsp3) is 0.333. The maximum atomic E-state index is 5.77. The van der Waals surface area contributed by atoms with Crippen molar-refractivity contribution < 1.29 is 4.74 Å². The van der Waals surface area contributed by atoms with Crippen LogP contribution >= 0.6 is 0 Å². The van der Waals surface area contributed by atoms with Crippen LogP contribution in [0.4, 0.5) is 0 Å². The molecule has 1 unspecified atom stereocenters. The lowest BCUT2D eigenvalue weighted by molar-refractivity contribution is 0.410. The van der Waals surface area contributed by atoms with Gasteiger partial charge in [0.25, 0.3) is 0 Å². The lowest BCUT2D eigenvalue weighted by atomic mass is 9.96. The summed E-state index contributed by atoms with van der Waals surface area (Å²) in [5.41, 5.74) is 7.64. The van der Waals surface area contributed by atoms with Gasteiger partial charge in [0.1, 0.15) is 5.75 Å². The molecule has 0 saturated carbocycles. The summed E-state index contributed by atoms with van der Waals surface area (Å²) >= 11 is 0. The fourth-order valence-corrected chi connectivity index (χ4v) is 2.57. The van der Waals surface area contributed by atoms with Gasteiger partial charge in [-0.25, -0.2) is 5.43 Å². The highest BCUT2D eigenvalue weighted by molar-refractivity contribution is 5.41. The van der Waals surface area contributed by atoms with Gasteiger partial charge in [0.05, 0.1) is 13.2 Å². The van der Waals surface area contributed by atoms with Crippen molar-refractivity contribution in [2.45, 2.75) is 32.7 Å². The third-order valence-corrected chi connectivity index (χ3v) is 3.78. The highest BCUT2D eigenvalue weighted by atomic mass is 16.5. The van der Waals surface area contributed by atoms with Crippen molar-refractivity contribution in [3.63, 3.8) is 0 Å². The van der Waals surface area contributed by atoms with Gasteiger partial charge < -0.3 is 4.74 Å². The van der Waals surface area contributed by atoms with Gasteiger partial charge in [0.2, 0.25) is 0 Å². The first-order chi connectivity index (χ1) is 10.2. The molecule has 0 aliphatic carbocycles. The molecule has 0 aliphatic heterocycles. The Hall–Kier alpha value is -1.84. The molecule has 21 heavy (non-hydrogen) atoms. The van der Waals surface area contributed by atoms with E-state index in [4.69, 9.17) is 10.6 Å². The Bertz CT molecular complexity index is 578. The standard InChI is InChI=1S/C18H24N2O/c1-4-5-14-7-10-15(11-8-14)18(20-19)16-9-6-13(2)17(12-16)21-3/h6-12,18,20H,4-5,19H2,1-3H3. The van der Waals surface area contributed by atoms with Crippen LogP contribution in [0.15, 0.2) is 42.5 Å². The Balaban J connectivity index is 2.30. The Morgan fingerprint density at radius 2 is 1.76 bits per heavy atom. The Morgan fingerprint density at radius 3 is 2.33 bits per heavy atom. The summed E-state index contributed by atoms with van der Waals surface area (Å²) in [5, 5.41) is 0. The molecule has 0 amide bonds. The molecule has 0 heterocycles. The average molecular weight is 284 g/mol. The van der Waals surface area contributed by atoms with Crippen molar-refractivity contribution in [1.82, 2.24) is 5.43 Å². The number of nitrogens with two attached hydrogens (primary N) is 1. The van der Waals surface area contributed by atoms with Crippen LogP contribution in [-0.4, -0.2) is 7.11 Å². The summed E-state index contributed by atoms with van der Waals surface area (Å²) in [6, 6.07) is 14.8.